The van der Waals surface area contributed by atoms with Crippen molar-refractivity contribution >= 4 is 22.4 Å². The van der Waals surface area contributed by atoms with E-state index in [2.05, 4.69) is 5.32 Å². The molecule has 3 aromatic rings. The average Bonchev–Trinajstić information content (AvgIpc) is 2.48. The molecule has 97 valence electrons. The SMILES string of the molecule is O=C([CH]c1ccccc1)Nc1cccc2ccccc12. The van der Waals surface area contributed by atoms with E-state index >= 15 is 0 Å². The molecule has 0 atom stereocenters. The van der Waals surface area contributed by atoms with Gasteiger partial charge in [0.05, 0.1) is 6.42 Å². The van der Waals surface area contributed by atoms with E-state index in [0.29, 0.717) is 0 Å². The van der Waals surface area contributed by atoms with Gasteiger partial charge in [-0.3, -0.25) is 4.79 Å². The molecule has 2 nitrogen and oxygen atoms in total. The van der Waals surface area contributed by atoms with Crippen LogP contribution in [0.3, 0.4) is 0 Å². The average molecular weight is 260 g/mol. The highest BCUT2D eigenvalue weighted by atomic mass is 16.1. The summed E-state index contributed by atoms with van der Waals surface area (Å²) in [7, 11) is 0. The second-order valence-corrected chi connectivity index (χ2v) is 4.57. The van der Waals surface area contributed by atoms with Crippen LogP contribution >= 0.6 is 0 Å². The summed E-state index contributed by atoms with van der Waals surface area (Å²) in [6, 6.07) is 23.5. The summed E-state index contributed by atoms with van der Waals surface area (Å²) < 4.78 is 0. The maximum atomic E-state index is 12.1. The number of fused-ring (bicyclic) bond motifs is 1. The molecule has 0 heterocycles. The minimum absolute atomic E-state index is 0.118. The highest BCUT2D eigenvalue weighted by Crippen LogP contribution is 2.23. The highest BCUT2D eigenvalue weighted by Gasteiger charge is 2.06. The van der Waals surface area contributed by atoms with Gasteiger partial charge < -0.3 is 5.32 Å². The summed E-state index contributed by atoms with van der Waals surface area (Å²) in [6.07, 6.45) is 1.60. The van der Waals surface area contributed by atoms with Gasteiger partial charge in [0.15, 0.2) is 0 Å². The topological polar surface area (TPSA) is 29.1 Å². The Bertz CT molecular complexity index is 729. The van der Waals surface area contributed by atoms with Crippen molar-refractivity contribution in [2.24, 2.45) is 0 Å². The van der Waals surface area contributed by atoms with Crippen LogP contribution in [0.25, 0.3) is 10.8 Å². The first-order valence-corrected chi connectivity index (χ1v) is 6.51. The number of hydrogen-bond acceptors (Lipinski definition) is 1. The Hall–Kier alpha value is -2.61. The number of hydrogen-bond donors (Lipinski definition) is 1. The van der Waals surface area contributed by atoms with Crippen molar-refractivity contribution in [3.63, 3.8) is 0 Å². The summed E-state index contributed by atoms with van der Waals surface area (Å²) in [5.74, 6) is -0.118. The maximum Gasteiger partial charge on any atom is 0.233 e. The van der Waals surface area contributed by atoms with Gasteiger partial charge in [-0.25, -0.2) is 0 Å². The Morgan fingerprint density at radius 3 is 2.35 bits per heavy atom. The van der Waals surface area contributed by atoms with Gasteiger partial charge in [-0.05, 0) is 17.0 Å². The molecule has 0 saturated heterocycles. The Kier molecular flexibility index (Phi) is 3.46. The number of amides is 1. The van der Waals surface area contributed by atoms with Crippen LogP contribution in [0.15, 0.2) is 72.8 Å². The van der Waals surface area contributed by atoms with E-state index < -0.39 is 0 Å². The first-order valence-electron chi connectivity index (χ1n) is 6.51. The monoisotopic (exact) mass is 260 g/mol. The molecule has 0 aliphatic carbocycles. The van der Waals surface area contributed by atoms with E-state index in [0.717, 1.165) is 22.0 Å². The fourth-order valence-corrected chi connectivity index (χ4v) is 2.20. The Morgan fingerprint density at radius 2 is 1.50 bits per heavy atom. The van der Waals surface area contributed by atoms with E-state index in [9.17, 15) is 4.79 Å². The lowest BCUT2D eigenvalue weighted by Crippen LogP contribution is -2.12. The number of benzene rings is 3. The number of carbonyl (C=O) groups excluding carboxylic acids is 1. The normalized spacial score (nSPS) is 10.4. The summed E-state index contributed by atoms with van der Waals surface area (Å²) in [6.45, 7) is 0. The third-order valence-corrected chi connectivity index (χ3v) is 3.14. The lowest BCUT2D eigenvalue weighted by molar-refractivity contribution is -0.112. The fraction of sp³-hybridized carbons (Fsp3) is 0. The first-order chi connectivity index (χ1) is 9.83. The molecule has 0 fully saturated rings. The van der Waals surface area contributed by atoms with Gasteiger partial charge >= 0.3 is 0 Å². The van der Waals surface area contributed by atoms with Crippen molar-refractivity contribution in [1.29, 1.82) is 0 Å². The van der Waals surface area contributed by atoms with Gasteiger partial charge in [0.25, 0.3) is 0 Å². The molecule has 0 spiro atoms. The van der Waals surface area contributed by atoms with Crippen molar-refractivity contribution in [3.05, 3.63) is 84.8 Å². The molecule has 2 heteroatoms. The van der Waals surface area contributed by atoms with Gasteiger partial charge in [-0.2, -0.15) is 0 Å². The van der Waals surface area contributed by atoms with E-state index in [1.807, 2.05) is 72.8 Å². The fourth-order valence-electron chi connectivity index (χ4n) is 2.20. The Balaban J connectivity index is 1.81. The van der Waals surface area contributed by atoms with Crippen molar-refractivity contribution < 1.29 is 4.79 Å². The van der Waals surface area contributed by atoms with E-state index in [4.69, 9.17) is 0 Å². The van der Waals surface area contributed by atoms with Crippen molar-refractivity contribution in [3.8, 4) is 0 Å². The summed E-state index contributed by atoms with van der Waals surface area (Å²) in [5, 5.41) is 5.10. The van der Waals surface area contributed by atoms with Crippen LogP contribution in [0.4, 0.5) is 5.69 Å². The van der Waals surface area contributed by atoms with Crippen LogP contribution in [0, 0.1) is 6.42 Å². The van der Waals surface area contributed by atoms with Gasteiger partial charge in [-0.15, -0.1) is 0 Å². The number of nitrogens with one attached hydrogen (secondary N) is 1. The number of anilines is 1. The zero-order valence-electron chi connectivity index (χ0n) is 10.9. The Morgan fingerprint density at radius 1 is 0.800 bits per heavy atom. The van der Waals surface area contributed by atoms with Crippen LogP contribution in [0.5, 0.6) is 0 Å². The third-order valence-electron chi connectivity index (χ3n) is 3.14. The van der Waals surface area contributed by atoms with Crippen molar-refractivity contribution in [2.75, 3.05) is 5.32 Å². The molecule has 0 bridgehead atoms. The van der Waals surface area contributed by atoms with Crippen LogP contribution in [-0.2, 0) is 4.79 Å². The summed E-state index contributed by atoms with van der Waals surface area (Å²) in [5.41, 5.74) is 1.73. The van der Waals surface area contributed by atoms with Crippen LogP contribution in [-0.4, -0.2) is 5.91 Å². The molecular weight excluding hydrogens is 246 g/mol. The molecule has 0 aromatic heterocycles. The smallest absolute Gasteiger partial charge is 0.233 e. The molecule has 1 radical (unpaired) electrons. The molecular formula is C18H14NO. The molecule has 1 amide bonds. The van der Waals surface area contributed by atoms with Crippen LogP contribution < -0.4 is 5.32 Å². The largest absolute Gasteiger partial charge is 0.325 e. The van der Waals surface area contributed by atoms with Crippen LogP contribution in [0.2, 0.25) is 0 Å². The Labute approximate surface area is 118 Å². The number of carbonyl (C=O) groups is 1. The summed E-state index contributed by atoms with van der Waals surface area (Å²) in [4.78, 5) is 12.1. The van der Waals surface area contributed by atoms with Gasteiger partial charge in [-0.1, -0.05) is 66.7 Å². The zero-order valence-corrected chi connectivity index (χ0v) is 10.9. The first kappa shape index (κ1) is 12.4. The molecule has 20 heavy (non-hydrogen) atoms. The molecule has 0 aliphatic rings. The third kappa shape index (κ3) is 2.69. The van der Waals surface area contributed by atoms with Gasteiger partial charge in [0, 0.05) is 11.1 Å². The van der Waals surface area contributed by atoms with E-state index in [1.54, 1.807) is 6.42 Å². The standard InChI is InChI=1S/C18H14NO/c20-18(13-14-7-2-1-3-8-14)19-17-12-6-10-15-9-4-5-11-16(15)17/h1-13H,(H,19,20). The van der Waals surface area contributed by atoms with Crippen molar-refractivity contribution in [2.45, 2.75) is 0 Å². The maximum absolute atomic E-state index is 12.1. The van der Waals surface area contributed by atoms with Gasteiger partial charge in [0.1, 0.15) is 0 Å². The van der Waals surface area contributed by atoms with Crippen molar-refractivity contribution in [1.82, 2.24) is 0 Å². The van der Waals surface area contributed by atoms with E-state index in [-0.39, 0.29) is 5.91 Å². The van der Waals surface area contributed by atoms with Gasteiger partial charge in [0.2, 0.25) is 5.91 Å². The molecule has 0 aliphatic heterocycles. The highest BCUT2D eigenvalue weighted by molar-refractivity contribution is 6.06. The minimum Gasteiger partial charge on any atom is -0.325 e. The lowest BCUT2D eigenvalue weighted by Gasteiger charge is -2.08. The predicted molar refractivity (Wildman–Crippen MR) is 82.4 cm³/mol. The molecule has 1 N–H and O–H groups in total. The lowest BCUT2D eigenvalue weighted by atomic mass is 10.1. The van der Waals surface area contributed by atoms with E-state index in [1.165, 1.54) is 0 Å². The molecule has 0 unspecified atom stereocenters. The zero-order chi connectivity index (χ0) is 13.8. The quantitative estimate of drug-likeness (QED) is 0.756. The molecule has 3 rings (SSSR count). The number of rotatable bonds is 3. The molecule has 0 saturated carbocycles. The minimum atomic E-state index is -0.118. The summed E-state index contributed by atoms with van der Waals surface area (Å²) >= 11 is 0. The second-order valence-electron chi connectivity index (χ2n) is 4.57. The molecule has 3 aromatic carbocycles. The van der Waals surface area contributed by atoms with Crippen LogP contribution in [0.1, 0.15) is 5.56 Å². The second kappa shape index (κ2) is 5.57. The predicted octanol–water partition coefficient (Wildman–Crippen LogP) is 4.03.